The molecule has 0 bridgehead atoms. The van der Waals surface area contributed by atoms with Crippen LogP contribution in [0.1, 0.15) is 38.4 Å². The van der Waals surface area contributed by atoms with Crippen LogP contribution in [0.4, 0.5) is 10.5 Å². The Morgan fingerprint density at radius 1 is 1.39 bits per heavy atom. The van der Waals surface area contributed by atoms with Gasteiger partial charge in [0.05, 0.1) is 24.8 Å². The van der Waals surface area contributed by atoms with Crippen molar-refractivity contribution in [2.45, 2.75) is 32.8 Å². The Morgan fingerprint density at radius 3 is 2.70 bits per heavy atom. The molecule has 128 valence electrons. The van der Waals surface area contributed by atoms with Crippen LogP contribution in [0.25, 0.3) is 0 Å². The number of phenolic OH excluding ortho intramolecular Hbond substituents is 1. The zero-order chi connectivity index (χ0) is 17.4. The van der Waals surface area contributed by atoms with E-state index in [1.165, 1.54) is 19.1 Å². The van der Waals surface area contributed by atoms with Crippen LogP contribution in [0.15, 0.2) is 12.1 Å². The van der Waals surface area contributed by atoms with Crippen LogP contribution < -0.4 is 10.6 Å². The summed E-state index contributed by atoms with van der Waals surface area (Å²) in [6.45, 7) is 3.80. The molecule has 0 fully saturated rings. The topological polar surface area (TPSA) is 108 Å². The second kappa shape index (κ2) is 9.22. The van der Waals surface area contributed by atoms with Gasteiger partial charge in [0.1, 0.15) is 5.75 Å². The van der Waals surface area contributed by atoms with E-state index >= 15 is 0 Å². The molecule has 0 spiro atoms. The van der Waals surface area contributed by atoms with Crippen molar-refractivity contribution in [3.05, 3.63) is 22.7 Å². The first kappa shape index (κ1) is 19.1. The number of halogens is 1. The minimum Gasteiger partial charge on any atom is -0.505 e. The van der Waals surface area contributed by atoms with Crippen LogP contribution in [0.3, 0.4) is 0 Å². The number of anilines is 1. The molecular weight excluding hydrogens is 324 g/mol. The molecule has 0 aromatic heterocycles. The quantitative estimate of drug-likeness (QED) is 0.449. The fourth-order valence-electron chi connectivity index (χ4n) is 1.77. The van der Waals surface area contributed by atoms with Crippen molar-refractivity contribution in [1.82, 2.24) is 5.32 Å². The van der Waals surface area contributed by atoms with Gasteiger partial charge >= 0.3 is 12.0 Å². The molecule has 1 rings (SSSR count). The highest BCUT2D eigenvalue weighted by Gasteiger charge is 2.15. The van der Waals surface area contributed by atoms with E-state index in [0.29, 0.717) is 6.61 Å². The number of benzene rings is 1. The number of nitrogens with one attached hydrogen (secondary N) is 2. The number of phenols is 1. The first-order valence-corrected chi connectivity index (χ1v) is 7.63. The molecule has 1 aromatic carbocycles. The molecule has 0 aliphatic heterocycles. The largest absolute Gasteiger partial charge is 0.505 e. The molecule has 8 heteroatoms. The highest BCUT2D eigenvalue weighted by molar-refractivity contribution is 6.31. The predicted octanol–water partition coefficient (Wildman–Crippen LogP) is 2.56. The van der Waals surface area contributed by atoms with E-state index in [2.05, 4.69) is 10.6 Å². The number of aromatic hydroxyl groups is 1. The number of rotatable bonds is 7. The van der Waals surface area contributed by atoms with E-state index < -0.39 is 18.1 Å². The lowest BCUT2D eigenvalue weighted by molar-refractivity contribution is -0.143. The van der Waals surface area contributed by atoms with E-state index in [0.717, 1.165) is 6.42 Å². The van der Waals surface area contributed by atoms with E-state index in [-0.39, 0.29) is 35.0 Å². The van der Waals surface area contributed by atoms with Gasteiger partial charge < -0.3 is 25.6 Å². The number of esters is 1. The number of carbonyl (C=O) groups excluding carboxylic acids is 2. The van der Waals surface area contributed by atoms with Crippen molar-refractivity contribution in [2.24, 2.45) is 0 Å². The SMILES string of the molecule is CCCOC(=O)CCNC(=O)Nc1cc(Cl)cc(C(C)O)c1O. The maximum absolute atomic E-state index is 11.8. The minimum absolute atomic E-state index is 0.0495. The van der Waals surface area contributed by atoms with Crippen LogP contribution in [-0.2, 0) is 9.53 Å². The van der Waals surface area contributed by atoms with Crippen LogP contribution in [0.5, 0.6) is 5.75 Å². The molecule has 1 atom stereocenters. The summed E-state index contributed by atoms with van der Waals surface area (Å²) in [5, 5.41) is 24.7. The van der Waals surface area contributed by atoms with Gasteiger partial charge in [-0.05, 0) is 25.5 Å². The summed E-state index contributed by atoms with van der Waals surface area (Å²) in [6.07, 6.45) is -0.154. The number of hydrogen-bond acceptors (Lipinski definition) is 5. The molecule has 0 saturated carbocycles. The fourth-order valence-corrected chi connectivity index (χ4v) is 1.99. The molecule has 2 amide bonds. The summed E-state index contributed by atoms with van der Waals surface area (Å²) in [5.74, 6) is -0.656. The first-order valence-electron chi connectivity index (χ1n) is 7.26. The Morgan fingerprint density at radius 2 is 2.09 bits per heavy atom. The summed E-state index contributed by atoms with van der Waals surface area (Å²) in [4.78, 5) is 23.0. The molecule has 0 radical (unpaired) electrons. The van der Waals surface area contributed by atoms with Crippen LogP contribution in [0, 0.1) is 0 Å². The van der Waals surface area contributed by atoms with Crippen molar-refractivity contribution in [1.29, 1.82) is 0 Å². The second-order valence-corrected chi connectivity index (χ2v) is 5.35. The molecular formula is C15H21ClN2O5. The Labute approximate surface area is 139 Å². The summed E-state index contributed by atoms with van der Waals surface area (Å²) in [7, 11) is 0. The number of aliphatic hydroxyl groups excluding tert-OH is 1. The van der Waals surface area contributed by atoms with E-state index in [1.807, 2.05) is 6.92 Å². The third-order valence-electron chi connectivity index (χ3n) is 2.88. The van der Waals surface area contributed by atoms with Crippen molar-refractivity contribution < 1.29 is 24.5 Å². The normalized spacial score (nSPS) is 11.7. The summed E-state index contributed by atoms with van der Waals surface area (Å²) in [6, 6.07) is 2.16. The molecule has 4 N–H and O–H groups in total. The molecule has 0 heterocycles. The Hall–Kier alpha value is -1.99. The number of amides is 2. The van der Waals surface area contributed by atoms with Gasteiger partial charge in [-0.3, -0.25) is 4.79 Å². The van der Waals surface area contributed by atoms with Gasteiger partial charge in [-0.2, -0.15) is 0 Å². The average molecular weight is 345 g/mol. The number of carbonyl (C=O) groups is 2. The Bertz CT molecular complexity index is 563. The summed E-state index contributed by atoms with van der Waals surface area (Å²) in [5.41, 5.74) is 0.274. The van der Waals surface area contributed by atoms with Gasteiger partial charge in [-0.15, -0.1) is 0 Å². The van der Waals surface area contributed by atoms with Crippen LogP contribution in [0.2, 0.25) is 5.02 Å². The molecule has 0 saturated heterocycles. The second-order valence-electron chi connectivity index (χ2n) is 4.92. The van der Waals surface area contributed by atoms with Crippen molar-refractivity contribution in [3.63, 3.8) is 0 Å². The summed E-state index contributed by atoms with van der Waals surface area (Å²) >= 11 is 5.89. The van der Waals surface area contributed by atoms with Crippen LogP contribution in [-0.4, -0.2) is 35.4 Å². The molecule has 23 heavy (non-hydrogen) atoms. The maximum Gasteiger partial charge on any atom is 0.319 e. The zero-order valence-electron chi connectivity index (χ0n) is 13.1. The molecule has 0 aliphatic carbocycles. The predicted molar refractivity (Wildman–Crippen MR) is 86.6 cm³/mol. The lowest BCUT2D eigenvalue weighted by atomic mass is 10.1. The van der Waals surface area contributed by atoms with Gasteiger partial charge in [-0.25, -0.2) is 4.79 Å². The molecule has 0 aliphatic rings. The van der Waals surface area contributed by atoms with Crippen molar-refractivity contribution in [2.75, 3.05) is 18.5 Å². The number of hydrogen-bond donors (Lipinski definition) is 4. The highest BCUT2D eigenvalue weighted by atomic mass is 35.5. The maximum atomic E-state index is 11.8. The fraction of sp³-hybridized carbons (Fsp3) is 0.467. The number of aliphatic hydroxyl groups is 1. The van der Waals surface area contributed by atoms with Gasteiger partial charge in [0.25, 0.3) is 0 Å². The molecule has 1 unspecified atom stereocenters. The highest BCUT2D eigenvalue weighted by Crippen LogP contribution is 2.35. The number of ether oxygens (including phenoxy) is 1. The molecule has 7 nitrogen and oxygen atoms in total. The summed E-state index contributed by atoms with van der Waals surface area (Å²) < 4.78 is 4.87. The Balaban J connectivity index is 2.56. The third-order valence-corrected chi connectivity index (χ3v) is 3.10. The van der Waals surface area contributed by atoms with Gasteiger partial charge in [0.15, 0.2) is 0 Å². The minimum atomic E-state index is -0.939. The molecule has 1 aromatic rings. The van der Waals surface area contributed by atoms with Crippen LogP contribution >= 0.6 is 11.6 Å². The van der Waals surface area contributed by atoms with Gasteiger partial charge in [0, 0.05) is 17.1 Å². The van der Waals surface area contributed by atoms with E-state index in [1.54, 1.807) is 0 Å². The number of urea groups is 1. The first-order chi connectivity index (χ1) is 10.8. The average Bonchev–Trinajstić information content (AvgIpc) is 2.48. The zero-order valence-corrected chi connectivity index (χ0v) is 13.8. The third kappa shape index (κ3) is 6.33. The monoisotopic (exact) mass is 344 g/mol. The van der Waals surface area contributed by atoms with Gasteiger partial charge in [0.2, 0.25) is 0 Å². The Kier molecular flexibility index (Phi) is 7.64. The van der Waals surface area contributed by atoms with Gasteiger partial charge in [-0.1, -0.05) is 18.5 Å². The smallest absolute Gasteiger partial charge is 0.319 e. The van der Waals surface area contributed by atoms with Crippen molar-refractivity contribution in [3.8, 4) is 5.75 Å². The van der Waals surface area contributed by atoms with E-state index in [4.69, 9.17) is 16.3 Å². The lowest BCUT2D eigenvalue weighted by Gasteiger charge is -2.14. The standard InChI is InChI=1S/C15H21ClN2O5/c1-3-6-23-13(20)4-5-17-15(22)18-12-8-10(16)7-11(9(2)19)14(12)21/h7-9,19,21H,3-6H2,1-2H3,(H2,17,18,22). The van der Waals surface area contributed by atoms with E-state index in [9.17, 15) is 19.8 Å². The van der Waals surface area contributed by atoms with Crippen molar-refractivity contribution >= 4 is 29.3 Å². The lowest BCUT2D eigenvalue weighted by Crippen LogP contribution is -2.31.